The summed E-state index contributed by atoms with van der Waals surface area (Å²) in [5.74, 6) is 0.550. The number of ether oxygens (including phenoxy) is 1. The summed E-state index contributed by atoms with van der Waals surface area (Å²) in [4.78, 5) is 13.0. The van der Waals surface area contributed by atoms with Crippen molar-refractivity contribution in [1.29, 1.82) is 0 Å². The molecule has 0 heterocycles. The molecule has 1 rings (SSSR count). The molecule has 0 saturated heterocycles. The second kappa shape index (κ2) is 4.99. The predicted molar refractivity (Wildman–Crippen MR) is 64.9 cm³/mol. The summed E-state index contributed by atoms with van der Waals surface area (Å²) in [6, 6.07) is 3.85. The van der Waals surface area contributed by atoms with Gasteiger partial charge in [0, 0.05) is 7.05 Å². The molecule has 0 radical (unpaired) electrons. The van der Waals surface area contributed by atoms with Crippen molar-refractivity contribution in [1.82, 2.24) is 0 Å². The summed E-state index contributed by atoms with van der Waals surface area (Å²) in [5, 5.41) is 0. The number of rotatable bonds is 3. The van der Waals surface area contributed by atoms with Crippen LogP contribution >= 0.6 is 0 Å². The molecule has 0 fully saturated rings. The third-order valence-corrected chi connectivity index (χ3v) is 2.71. The van der Waals surface area contributed by atoms with E-state index < -0.39 is 0 Å². The fraction of sp³-hybridized carbons (Fsp3) is 0.417. The van der Waals surface area contributed by atoms with E-state index in [0.29, 0.717) is 5.75 Å². The summed E-state index contributed by atoms with van der Waals surface area (Å²) in [6.07, 6.45) is 0. The van der Waals surface area contributed by atoms with Gasteiger partial charge in [0.2, 0.25) is 5.91 Å². The Bertz CT molecular complexity index is 402. The molecule has 0 unspecified atom stereocenters. The van der Waals surface area contributed by atoms with Crippen LogP contribution in [0, 0.1) is 13.8 Å². The van der Waals surface area contributed by atoms with Gasteiger partial charge in [-0.2, -0.15) is 0 Å². The number of anilines is 1. The molecular formula is C12H18N2O2. The number of carbonyl (C=O) groups is 1. The minimum atomic E-state index is -0.137. The van der Waals surface area contributed by atoms with Crippen molar-refractivity contribution in [2.45, 2.75) is 13.8 Å². The zero-order valence-corrected chi connectivity index (χ0v) is 10.2. The summed E-state index contributed by atoms with van der Waals surface area (Å²) in [5.41, 5.74) is 8.34. The first-order valence-electron chi connectivity index (χ1n) is 5.13. The van der Waals surface area contributed by atoms with E-state index in [0.717, 1.165) is 16.8 Å². The number of benzene rings is 1. The lowest BCUT2D eigenvalue weighted by Gasteiger charge is -2.20. The molecule has 0 aliphatic heterocycles. The first-order valence-corrected chi connectivity index (χ1v) is 5.13. The zero-order chi connectivity index (χ0) is 12.3. The van der Waals surface area contributed by atoms with Gasteiger partial charge in [0.15, 0.2) is 0 Å². The van der Waals surface area contributed by atoms with Gasteiger partial charge >= 0.3 is 0 Å². The second-order valence-electron chi connectivity index (χ2n) is 3.77. The minimum absolute atomic E-state index is 0.00736. The highest BCUT2D eigenvalue weighted by Gasteiger charge is 2.14. The van der Waals surface area contributed by atoms with E-state index in [4.69, 9.17) is 10.5 Å². The van der Waals surface area contributed by atoms with Crippen LogP contribution in [0.15, 0.2) is 12.1 Å². The Morgan fingerprint density at radius 1 is 1.38 bits per heavy atom. The Labute approximate surface area is 96.0 Å². The van der Waals surface area contributed by atoms with Crippen LogP contribution in [0.1, 0.15) is 11.1 Å². The van der Waals surface area contributed by atoms with Crippen LogP contribution in [-0.2, 0) is 4.79 Å². The van der Waals surface area contributed by atoms with E-state index in [2.05, 4.69) is 0 Å². The monoisotopic (exact) mass is 222 g/mol. The van der Waals surface area contributed by atoms with E-state index in [-0.39, 0.29) is 12.5 Å². The number of hydrogen-bond donors (Lipinski definition) is 1. The Morgan fingerprint density at radius 3 is 2.44 bits per heavy atom. The lowest BCUT2D eigenvalue weighted by Crippen LogP contribution is -2.32. The van der Waals surface area contributed by atoms with Gasteiger partial charge in [-0.15, -0.1) is 0 Å². The molecule has 4 heteroatoms. The first-order chi connectivity index (χ1) is 7.51. The number of hydrogen-bond acceptors (Lipinski definition) is 3. The molecule has 0 spiro atoms. The van der Waals surface area contributed by atoms with Crippen molar-refractivity contribution in [2.75, 3.05) is 25.6 Å². The van der Waals surface area contributed by atoms with Crippen molar-refractivity contribution < 1.29 is 9.53 Å². The molecule has 0 aliphatic rings. The number of amides is 1. The molecule has 0 aliphatic carbocycles. The van der Waals surface area contributed by atoms with Gasteiger partial charge in [-0.05, 0) is 37.1 Å². The standard InChI is InChI=1S/C12H18N2O2/c1-8-5-10(14(3)12(15)7-13)11(16-4)6-9(8)2/h5-6H,7,13H2,1-4H3. The van der Waals surface area contributed by atoms with E-state index >= 15 is 0 Å². The fourth-order valence-electron chi connectivity index (χ4n) is 1.47. The molecule has 0 aromatic heterocycles. The highest BCUT2D eigenvalue weighted by atomic mass is 16.5. The molecule has 1 amide bonds. The van der Waals surface area contributed by atoms with Gasteiger partial charge in [0.1, 0.15) is 5.75 Å². The summed E-state index contributed by atoms with van der Waals surface area (Å²) < 4.78 is 5.26. The van der Waals surface area contributed by atoms with Crippen molar-refractivity contribution in [3.63, 3.8) is 0 Å². The molecule has 2 N–H and O–H groups in total. The average Bonchev–Trinajstić information content (AvgIpc) is 2.30. The number of aryl methyl sites for hydroxylation is 2. The van der Waals surface area contributed by atoms with Crippen molar-refractivity contribution in [3.05, 3.63) is 23.3 Å². The Balaban J connectivity index is 3.21. The first kappa shape index (κ1) is 12.5. The van der Waals surface area contributed by atoms with Crippen LogP contribution in [0.3, 0.4) is 0 Å². The largest absolute Gasteiger partial charge is 0.495 e. The van der Waals surface area contributed by atoms with Gasteiger partial charge in [-0.1, -0.05) is 0 Å². The number of nitrogens with two attached hydrogens (primary N) is 1. The molecule has 1 aromatic carbocycles. The van der Waals surface area contributed by atoms with Crippen LogP contribution in [0.5, 0.6) is 5.75 Å². The predicted octanol–water partition coefficient (Wildman–Crippen LogP) is 1.23. The lowest BCUT2D eigenvalue weighted by molar-refractivity contribution is -0.117. The average molecular weight is 222 g/mol. The summed E-state index contributed by atoms with van der Waals surface area (Å²) in [7, 11) is 3.29. The Morgan fingerprint density at radius 2 is 1.94 bits per heavy atom. The summed E-state index contributed by atoms with van der Waals surface area (Å²) >= 11 is 0. The maximum Gasteiger partial charge on any atom is 0.240 e. The van der Waals surface area contributed by atoms with Crippen LogP contribution in [0.25, 0.3) is 0 Å². The maximum absolute atomic E-state index is 11.5. The van der Waals surface area contributed by atoms with Gasteiger partial charge in [-0.25, -0.2) is 0 Å². The zero-order valence-electron chi connectivity index (χ0n) is 10.2. The Hall–Kier alpha value is -1.55. The topological polar surface area (TPSA) is 55.6 Å². The third kappa shape index (κ3) is 2.33. The normalized spacial score (nSPS) is 10.1. The van der Waals surface area contributed by atoms with Crippen molar-refractivity contribution in [2.24, 2.45) is 5.73 Å². The van der Waals surface area contributed by atoms with Crippen molar-refractivity contribution in [3.8, 4) is 5.75 Å². The van der Waals surface area contributed by atoms with Gasteiger partial charge in [0.05, 0.1) is 19.3 Å². The SMILES string of the molecule is COc1cc(C)c(C)cc1N(C)C(=O)CN. The van der Waals surface area contributed by atoms with Crippen LogP contribution in [0.2, 0.25) is 0 Å². The second-order valence-corrected chi connectivity index (χ2v) is 3.77. The molecule has 0 saturated carbocycles. The fourth-order valence-corrected chi connectivity index (χ4v) is 1.47. The van der Waals surface area contributed by atoms with Crippen LogP contribution in [0.4, 0.5) is 5.69 Å². The molecule has 16 heavy (non-hydrogen) atoms. The molecule has 88 valence electrons. The molecule has 4 nitrogen and oxygen atoms in total. The number of methoxy groups -OCH3 is 1. The van der Waals surface area contributed by atoms with Crippen molar-refractivity contribution >= 4 is 11.6 Å². The lowest BCUT2D eigenvalue weighted by atomic mass is 10.1. The van der Waals surface area contributed by atoms with E-state index in [9.17, 15) is 4.79 Å². The quantitative estimate of drug-likeness (QED) is 0.837. The highest BCUT2D eigenvalue weighted by Crippen LogP contribution is 2.30. The van der Waals surface area contributed by atoms with E-state index in [1.54, 1.807) is 14.2 Å². The maximum atomic E-state index is 11.5. The van der Waals surface area contributed by atoms with Crippen LogP contribution < -0.4 is 15.4 Å². The van der Waals surface area contributed by atoms with E-state index in [1.165, 1.54) is 4.90 Å². The van der Waals surface area contributed by atoms with Gasteiger partial charge < -0.3 is 15.4 Å². The number of carbonyl (C=O) groups excluding carboxylic acids is 1. The van der Waals surface area contributed by atoms with Crippen LogP contribution in [-0.4, -0.2) is 26.6 Å². The Kier molecular flexibility index (Phi) is 3.90. The minimum Gasteiger partial charge on any atom is -0.495 e. The number of likely N-dealkylation sites (N-methyl/N-ethyl adjacent to an activating group) is 1. The van der Waals surface area contributed by atoms with E-state index in [1.807, 2.05) is 26.0 Å². The molecule has 0 bridgehead atoms. The smallest absolute Gasteiger partial charge is 0.240 e. The summed E-state index contributed by atoms with van der Waals surface area (Å²) in [6.45, 7) is 4.00. The molecule has 1 aromatic rings. The molecule has 0 atom stereocenters. The van der Waals surface area contributed by atoms with Gasteiger partial charge in [-0.3, -0.25) is 4.79 Å². The molecular weight excluding hydrogens is 204 g/mol. The number of nitrogens with zero attached hydrogens (tertiary/aromatic N) is 1. The van der Waals surface area contributed by atoms with Gasteiger partial charge in [0.25, 0.3) is 0 Å². The third-order valence-electron chi connectivity index (χ3n) is 2.71. The highest BCUT2D eigenvalue weighted by molar-refractivity contribution is 5.95.